The first-order valence-corrected chi connectivity index (χ1v) is 2.33. The van der Waals surface area contributed by atoms with Crippen molar-refractivity contribution < 1.29 is 15.1 Å². The topological polar surface area (TPSA) is 49.4 Å². The Hall–Kier alpha value is -1.06. The van der Waals surface area contributed by atoms with E-state index in [2.05, 4.69) is 0 Å². The van der Waals surface area contributed by atoms with Gasteiger partial charge in [-0.2, -0.15) is 0 Å². The van der Waals surface area contributed by atoms with Crippen molar-refractivity contribution in [1.82, 2.24) is 10.2 Å². The van der Waals surface area contributed by atoms with Gasteiger partial charge in [-0.05, 0) is 0 Å². The molecule has 4 nitrogen and oxygen atoms in total. The second-order valence-corrected chi connectivity index (χ2v) is 1.52. The summed E-state index contributed by atoms with van der Waals surface area (Å²) >= 11 is 0. The molecule has 0 spiro atoms. The molecular formula is C5H8N2O2. The molecule has 1 N–H and O–H groups in total. The van der Waals surface area contributed by atoms with Crippen molar-refractivity contribution in [2.24, 2.45) is 0 Å². The largest absolute Gasteiger partial charge is 0.336 e. The summed E-state index contributed by atoms with van der Waals surface area (Å²) in [6.45, 7) is -4.19. The Labute approximate surface area is 58.4 Å². The fourth-order valence-corrected chi connectivity index (χ4v) is 0.466. The molecule has 0 aromatic rings. The van der Waals surface area contributed by atoms with Crippen molar-refractivity contribution in [2.75, 3.05) is 13.0 Å². The highest BCUT2D eigenvalue weighted by Crippen LogP contribution is 1.95. The highest BCUT2D eigenvalue weighted by atomic mass is 16.2. The smallest absolute Gasteiger partial charge is 0.324 e. The van der Waals surface area contributed by atoms with Crippen LogP contribution in [0.15, 0.2) is 0 Å². The Morgan fingerprint density at radius 2 is 2.67 bits per heavy atom. The molecular weight excluding hydrogens is 120 g/mol. The number of carbonyl (C=O) groups excluding carboxylic acids is 2. The first-order chi connectivity index (χ1) is 5.70. The zero-order valence-corrected chi connectivity index (χ0v) is 4.76. The molecule has 0 atom stereocenters. The molecule has 1 saturated heterocycles. The van der Waals surface area contributed by atoms with Gasteiger partial charge in [0.25, 0.3) is 0 Å². The summed E-state index contributed by atoms with van der Waals surface area (Å²) in [4.78, 5) is 22.0. The van der Waals surface area contributed by atoms with Gasteiger partial charge in [0.2, 0.25) is 5.91 Å². The zero-order chi connectivity index (χ0) is 10.4. The number of carbonyl (C=O) groups is 2. The van der Waals surface area contributed by atoms with Crippen LogP contribution in [0.1, 0.15) is 12.4 Å². The van der Waals surface area contributed by atoms with Gasteiger partial charge in [0, 0.05) is 19.9 Å². The fraction of sp³-hybridized carbons (Fsp3) is 0.600. The third kappa shape index (κ3) is 1.01. The van der Waals surface area contributed by atoms with E-state index in [9.17, 15) is 9.59 Å². The SMILES string of the molecule is [2H]C1([2H])NC(=O)N(C(C)=O)C1([2H])[2H]. The molecule has 1 aliphatic heterocycles. The molecule has 0 unspecified atom stereocenters. The van der Waals surface area contributed by atoms with E-state index in [-0.39, 0.29) is 4.90 Å². The Balaban J connectivity index is 3.13. The quantitative estimate of drug-likeness (QED) is 0.485. The minimum Gasteiger partial charge on any atom is -0.336 e. The lowest BCUT2D eigenvalue weighted by Gasteiger charge is -2.06. The molecule has 4 heteroatoms. The third-order valence-corrected chi connectivity index (χ3v) is 0.855. The van der Waals surface area contributed by atoms with Crippen molar-refractivity contribution >= 4 is 11.9 Å². The average Bonchev–Trinajstić information content (AvgIpc) is 1.96. The van der Waals surface area contributed by atoms with Crippen LogP contribution >= 0.6 is 0 Å². The number of hydrogen-bond acceptors (Lipinski definition) is 2. The molecule has 1 fully saturated rings. The average molecular weight is 132 g/mol. The van der Waals surface area contributed by atoms with Crippen LogP contribution in [-0.4, -0.2) is 29.8 Å². The molecule has 3 amide bonds. The Morgan fingerprint density at radius 1 is 2.00 bits per heavy atom. The van der Waals surface area contributed by atoms with Crippen molar-refractivity contribution in [1.29, 1.82) is 0 Å². The van der Waals surface area contributed by atoms with Crippen molar-refractivity contribution in [2.45, 2.75) is 6.92 Å². The lowest BCUT2D eigenvalue weighted by atomic mass is 10.5. The van der Waals surface area contributed by atoms with Crippen LogP contribution < -0.4 is 5.32 Å². The maximum atomic E-state index is 11.0. The van der Waals surface area contributed by atoms with Gasteiger partial charge in [-0.25, -0.2) is 4.79 Å². The summed E-state index contributed by atoms with van der Waals surface area (Å²) in [6.07, 6.45) is 0. The van der Waals surface area contributed by atoms with Gasteiger partial charge in [-0.3, -0.25) is 9.69 Å². The Kier molecular flexibility index (Phi) is 0.610. The maximum absolute atomic E-state index is 11.0. The monoisotopic (exact) mass is 132 g/mol. The van der Waals surface area contributed by atoms with E-state index in [1.54, 1.807) is 5.32 Å². The van der Waals surface area contributed by atoms with Gasteiger partial charge >= 0.3 is 6.03 Å². The van der Waals surface area contributed by atoms with Crippen LogP contribution in [0.3, 0.4) is 0 Å². The van der Waals surface area contributed by atoms with Crippen LogP contribution in [0.2, 0.25) is 0 Å². The molecule has 0 bridgehead atoms. The Bertz CT molecular complexity index is 278. The lowest BCUT2D eigenvalue weighted by Crippen LogP contribution is -2.31. The lowest BCUT2D eigenvalue weighted by molar-refractivity contribution is -0.125. The summed E-state index contributed by atoms with van der Waals surface area (Å²) in [6, 6.07) is -1.05. The molecule has 1 aliphatic rings. The van der Waals surface area contributed by atoms with Gasteiger partial charge in [0.05, 0.1) is 5.48 Å². The first-order valence-electron chi connectivity index (χ1n) is 4.33. The molecule has 0 saturated carbocycles. The van der Waals surface area contributed by atoms with Gasteiger partial charge < -0.3 is 5.32 Å². The minimum absolute atomic E-state index is 0.229. The van der Waals surface area contributed by atoms with Gasteiger partial charge in [-0.15, -0.1) is 0 Å². The van der Waals surface area contributed by atoms with E-state index >= 15 is 0 Å². The van der Waals surface area contributed by atoms with Crippen molar-refractivity contribution in [3.05, 3.63) is 0 Å². The molecule has 0 aliphatic carbocycles. The molecule has 0 radical (unpaired) electrons. The zero-order valence-electron chi connectivity index (χ0n) is 8.76. The van der Waals surface area contributed by atoms with E-state index in [4.69, 9.17) is 5.48 Å². The molecule has 9 heavy (non-hydrogen) atoms. The fourth-order valence-electron chi connectivity index (χ4n) is 0.466. The van der Waals surface area contributed by atoms with Crippen molar-refractivity contribution in [3.8, 4) is 0 Å². The van der Waals surface area contributed by atoms with E-state index < -0.39 is 24.9 Å². The maximum Gasteiger partial charge on any atom is 0.324 e. The standard InChI is InChI=1S/C5H8N2O2/c1-4(8)7-3-2-6-5(7)9/h2-3H2,1H3,(H,6,9)/i2D2,3D2. The van der Waals surface area contributed by atoms with Crippen LogP contribution in [-0.2, 0) is 4.79 Å². The number of nitrogens with zero attached hydrogens (tertiary/aromatic N) is 1. The summed E-state index contributed by atoms with van der Waals surface area (Å²) < 4.78 is 28.7. The van der Waals surface area contributed by atoms with Crippen molar-refractivity contribution in [3.63, 3.8) is 0 Å². The number of imide groups is 1. The summed E-state index contributed by atoms with van der Waals surface area (Å²) in [5.41, 5.74) is 0. The van der Waals surface area contributed by atoms with Gasteiger partial charge in [0.15, 0.2) is 0 Å². The van der Waals surface area contributed by atoms with E-state index in [1.807, 2.05) is 0 Å². The van der Waals surface area contributed by atoms with Gasteiger partial charge in [0.1, 0.15) is 0 Å². The first kappa shape index (κ1) is 2.68. The van der Waals surface area contributed by atoms with E-state index in [0.717, 1.165) is 6.92 Å². The second kappa shape index (κ2) is 2.05. The normalized spacial score (nSPS) is 35.7. The number of rotatable bonds is 0. The van der Waals surface area contributed by atoms with Crippen LogP contribution in [0.25, 0.3) is 0 Å². The van der Waals surface area contributed by atoms with E-state index in [1.165, 1.54) is 0 Å². The number of urea groups is 1. The van der Waals surface area contributed by atoms with Crippen LogP contribution in [0, 0.1) is 0 Å². The van der Waals surface area contributed by atoms with Crippen LogP contribution in [0.5, 0.6) is 0 Å². The third-order valence-electron chi connectivity index (χ3n) is 0.855. The second-order valence-electron chi connectivity index (χ2n) is 1.52. The minimum atomic E-state index is -2.64. The number of hydrogen-bond donors (Lipinski definition) is 1. The summed E-state index contributed by atoms with van der Waals surface area (Å²) in [5, 5.41) is 1.74. The van der Waals surface area contributed by atoms with Crippen LogP contribution in [0.4, 0.5) is 4.79 Å². The predicted octanol–water partition coefficient (Wildman–Crippen LogP) is -0.442. The molecule has 0 aromatic heterocycles. The molecule has 0 aromatic carbocycles. The van der Waals surface area contributed by atoms with E-state index in [0.29, 0.717) is 0 Å². The van der Waals surface area contributed by atoms with Gasteiger partial charge in [-0.1, -0.05) is 0 Å². The number of amides is 3. The molecule has 1 heterocycles. The summed E-state index contributed by atoms with van der Waals surface area (Å²) in [5.74, 6) is -0.830. The highest BCUT2D eigenvalue weighted by molar-refractivity contribution is 5.94. The number of nitrogens with one attached hydrogen (secondary N) is 1. The Morgan fingerprint density at radius 3 is 2.89 bits per heavy atom. The molecule has 1 rings (SSSR count). The molecule has 50 valence electrons. The predicted molar refractivity (Wildman–Crippen MR) is 30.8 cm³/mol. The summed E-state index contributed by atoms with van der Waals surface area (Å²) in [7, 11) is 0. The highest BCUT2D eigenvalue weighted by Gasteiger charge is 2.22.